The maximum absolute atomic E-state index is 11.6. The molecule has 4 atom stereocenters. The third-order valence-corrected chi connectivity index (χ3v) is 4.30. The molecule has 1 unspecified atom stereocenters. The van der Waals surface area contributed by atoms with Gasteiger partial charge in [0.2, 0.25) is 0 Å². The number of nitrogens with zero attached hydrogens (tertiary/aromatic N) is 1. The molecule has 1 aliphatic rings. The first-order valence-electron chi connectivity index (χ1n) is 5.43. The van der Waals surface area contributed by atoms with Gasteiger partial charge in [-0.05, 0) is 0 Å². The molecule has 0 saturated carbocycles. The number of aliphatic hydroxyl groups excluding tert-OH is 1. The Morgan fingerprint density at radius 2 is 2.33 bits per heavy atom. The van der Waals surface area contributed by atoms with Crippen LogP contribution in [0.3, 0.4) is 0 Å². The average molecular weight is 274 g/mol. The van der Waals surface area contributed by atoms with Crippen molar-refractivity contribution in [2.45, 2.75) is 24.0 Å². The first-order chi connectivity index (χ1) is 8.52. The molecule has 18 heavy (non-hydrogen) atoms. The number of rotatable bonds is 3. The third kappa shape index (κ3) is 2.45. The molecular formula is C10H14N2O5S. The second kappa shape index (κ2) is 5.17. The fourth-order valence-electron chi connectivity index (χ4n) is 2.04. The molecule has 2 heterocycles. The molecule has 100 valence electrons. The van der Waals surface area contributed by atoms with E-state index in [0.717, 1.165) is 0 Å². The molecule has 7 nitrogen and oxygen atoms in total. The van der Waals surface area contributed by atoms with Crippen molar-refractivity contribution in [1.82, 2.24) is 9.55 Å². The minimum absolute atomic E-state index is 0.251. The monoisotopic (exact) mass is 274 g/mol. The Labute approximate surface area is 105 Å². The van der Waals surface area contributed by atoms with Gasteiger partial charge in [0.15, 0.2) is 0 Å². The lowest BCUT2D eigenvalue weighted by Gasteiger charge is -2.14. The average Bonchev–Trinajstić information content (AvgIpc) is 2.73. The summed E-state index contributed by atoms with van der Waals surface area (Å²) < 4.78 is 18.2. The molecule has 1 aliphatic heterocycles. The van der Waals surface area contributed by atoms with Gasteiger partial charge in [-0.1, -0.05) is 0 Å². The van der Waals surface area contributed by atoms with E-state index in [1.54, 1.807) is 0 Å². The van der Waals surface area contributed by atoms with Crippen molar-refractivity contribution < 1.29 is 14.1 Å². The summed E-state index contributed by atoms with van der Waals surface area (Å²) in [5.74, 6) is 0. The highest BCUT2D eigenvalue weighted by Crippen LogP contribution is 2.30. The summed E-state index contributed by atoms with van der Waals surface area (Å²) in [5, 5.41) is 8.84. The molecule has 0 radical (unpaired) electrons. The zero-order valence-corrected chi connectivity index (χ0v) is 10.6. The molecular weight excluding hydrogens is 260 g/mol. The maximum Gasteiger partial charge on any atom is 0.330 e. The summed E-state index contributed by atoms with van der Waals surface area (Å²) in [5.41, 5.74) is -1.06. The first kappa shape index (κ1) is 13.2. The predicted molar refractivity (Wildman–Crippen MR) is 64.8 cm³/mol. The molecule has 1 fully saturated rings. The zero-order valence-electron chi connectivity index (χ0n) is 9.74. The molecule has 1 saturated heterocycles. The van der Waals surface area contributed by atoms with Crippen LogP contribution in [0, 0.1) is 0 Å². The molecule has 2 rings (SSSR count). The Bertz CT molecular complexity index is 566. The molecule has 1 aromatic rings. The fourth-order valence-corrected chi connectivity index (χ4v) is 3.05. The standard InChI is InChI=1S/C10H14N2O5S/c1-18(16)7-4-9(17-6(7)5-13)12-3-2-8(14)11-10(12)15/h2-3,6-7,9,13H,4-5H2,1H3,(H,11,14,15)/t6-,7+,9-,18?/m1/s1. The second-order valence-corrected chi connectivity index (χ2v) is 5.70. The van der Waals surface area contributed by atoms with Crippen molar-refractivity contribution in [2.24, 2.45) is 0 Å². The Kier molecular flexibility index (Phi) is 3.79. The minimum atomic E-state index is -1.15. The highest BCUT2D eigenvalue weighted by Gasteiger charge is 2.38. The highest BCUT2D eigenvalue weighted by atomic mass is 32.2. The van der Waals surface area contributed by atoms with Gasteiger partial charge in [-0.25, -0.2) is 4.79 Å². The number of aromatic amines is 1. The van der Waals surface area contributed by atoms with Crippen LogP contribution in [0.5, 0.6) is 0 Å². The van der Waals surface area contributed by atoms with E-state index in [2.05, 4.69) is 4.98 Å². The van der Waals surface area contributed by atoms with Gasteiger partial charge in [-0.3, -0.25) is 18.6 Å². The normalized spacial score (nSPS) is 29.3. The number of nitrogens with one attached hydrogen (secondary N) is 1. The molecule has 2 N–H and O–H groups in total. The van der Waals surface area contributed by atoms with Crippen molar-refractivity contribution in [2.75, 3.05) is 12.9 Å². The van der Waals surface area contributed by atoms with Crippen LogP contribution in [0.4, 0.5) is 0 Å². The van der Waals surface area contributed by atoms with E-state index in [1.165, 1.54) is 23.1 Å². The largest absolute Gasteiger partial charge is 0.394 e. The number of aliphatic hydroxyl groups is 1. The molecule has 0 bridgehead atoms. The number of hydrogen-bond acceptors (Lipinski definition) is 5. The summed E-state index contributed by atoms with van der Waals surface area (Å²) in [6, 6.07) is 1.22. The lowest BCUT2D eigenvalue weighted by atomic mass is 10.2. The lowest BCUT2D eigenvalue weighted by molar-refractivity contribution is -0.0239. The Morgan fingerprint density at radius 1 is 1.61 bits per heavy atom. The van der Waals surface area contributed by atoms with Crippen LogP contribution in [-0.2, 0) is 15.5 Å². The maximum atomic E-state index is 11.6. The summed E-state index contributed by atoms with van der Waals surface area (Å²) in [7, 11) is -1.15. The Hall–Kier alpha value is -1.25. The second-order valence-electron chi connectivity index (χ2n) is 4.10. The van der Waals surface area contributed by atoms with Crippen LogP contribution < -0.4 is 11.2 Å². The van der Waals surface area contributed by atoms with Crippen LogP contribution in [-0.4, -0.2) is 43.1 Å². The number of hydrogen-bond donors (Lipinski definition) is 2. The first-order valence-corrected chi connectivity index (χ1v) is 7.05. The van der Waals surface area contributed by atoms with Gasteiger partial charge in [0.05, 0.1) is 18.0 Å². The van der Waals surface area contributed by atoms with Crippen molar-refractivity contribution in [3.63, 3.8) is 0 Å². The zero-order chi connectivity index (χ0) is 13.3. The minimum Gasteiger partial charge on any atom is -0.394 e. The molecule has 8 heteroatoms. The quantitative estimate of drug-likeness (QED) is 0.703. The van der Waals surface area contributed by atoms with Crippen LogP contribution in [0.15, 0.2) is 21.9 Å². The van der Waals surface area contributed by atoms with E-state index in [1.807, 2.05) is 0 Å². The van der Waals surface area contributed by atoms with Gasteiger partial charge >= 0.3 is 5.69 Å². The van der Waals surface area contributed by atoms with E-state index < -0.39 is 34.4 Å². The van der Waals surface area contributed by atoms with Crippen LogP contribution in [0.2, 0.25) is 0 Å². The van der Waals surface area contributed by atoms with E-state index in [-0.39, 0.29) is 11.9 Å². The van der Waals surface area contributed by atoms with Gasteiger partial charge < -0.3 is 9.84 Å². The molecule has 0 aromatic carbocycles. The molecule has 0 spiro atoms. The smallest absolute Gasteiger partial charge is 0.330 e. The topological polar surface area (TPSA) is 101 Å². The van der Waals surface area contributed by atoms with E-state index in [9.17, 15) is 13.8 Å². The Morgan fingerprint density at radius 3 is 2.83 bits per heavy atom. The summed E-state index contributed by atoms with van der Waals surface area (Å²) >= 11 is 0. The van der Waals surface area contributed by atoms with Gasteiger partial charge in [-0.2, -0.15) is 0 Å². The van der Waals surface area contributed by atoms with Crippen LogP contribution >= 0.6 is 0 Å². The van der Waals surface area contributed by atoms with Gasteiger partial charge in [0.25, 0.3) is 5.56 Å². The fraction of sp³-hybridized carbons (Fsp3) is 0.600. The summed E-state index contributed by atoms with van der Waals surface area (Å²) in [4.78, 5) is 24.7. The Balaban J connectivity index is 2.28. The van der Waals surface area contributed by atoms with Crippen LogP contribution in [0.25, 0.3) is 0 Å². The number of ether oxygens (including phenoxy) is 1. The van der Waals surface area contributed by atoms with E-state index in [4.69, 9.17) is 9.84 Å². The highest BCUT2D eigenvalue weighted by molar-refractivity contribution is 7.85. The van der Waals surface area contributed by atoms with E-state index >= 15 is 0 Å². The third-order valence-electron chi connectivity index (χ3n) is 2.95. The van der Waals surface area contributed by atoms with Crippen LogP contribution in [0.1, 0.15) is 12.6 Å². The molecule has 1 aromatic heterocycles. The summed E-state index contributed by atoms with van der Waals surface area (Å²) in [6.45, 7) is -0.251. The van der Waals surface area contributed by atoms with E-state index in [0.29, 0.717) is 6.42 Å². The van der Waals surface area contributed by atoms with Gasteiger partial charge in [-0.15, -0.1) is 0 Å². The molecule has 0 aliphatic carbocycles. The van der Waals surface area contributed by atoms with Crippen molar-refractivity contribution in [3.8, 4) is 0 Å². The number of H-pyrrole nitrogens is 1. The number of aromatic nitrogens is 2. The van der Waals surface area contributed by atoms with Gasteiger partial charge in [0, 0.05) is 35.7 Å². The lowest BCUT2D eigenvalue weighted by Crippen LogP contribution is -2.31. The summed E-state index contributed by atoms with van der Waals surface area (Å²) in [6.07, 6.45) is 2.07. The predicted octanol–water partition coefficient (Wildman–Crippen LogP) is -1.44. The van der Waals surface area contributed by atoms with Crippen molar-refractivity contribution in [3.05, 3.63) is 33.1 Å². The molecule has 0 amide bonds. The van der Waals surface area contributed by atoms with Crippen molar-refractivity contribution >= 4 is 10.8 Å². The SMILES string of the molecule is CS(=O)[C@H]1C[C@H](n2ccc(=O)[nH]c2=O)O[C@@H]1CO. The van der Waals surface area contributed by atoms with Crippen molar-refractivity contribution in [1.29, 1.82) is 0 Å². The van der Waals surface area contributed by atoms with Gasteiger partial charge in [0.1, 0.15) is 6.23 Å².